The molecule has 0 aliphatic carbocycles. The van der Waals surface area contributed by atoms with Gasteiger partial charge >= 0.3 is 0 Å². The van der Waals surface area contributed by atoms with Gasteiger partial charge < -0.3 is 0 Å². The van der Waals surface area contributed by atoms with Gasteiger partial charge in [0.25, 0.3) is 5.56 Å². The van der Waals surface area contributed by atoms with Crippen LogP contribution in [0.3, 0.4) is 0 Å². The minimum absolute atomic E-state index is 0.0127. The summed E-state index contributed by atoms with van der Waals surface area (Å²) in [4.78, 5) is 29.9. The van der Waals surface area contributed by atoms with Gasteiger partial charge in [0.2, 0.25) is 0 Å². The lowest BCUT2D eigenvalue weighted by Gasteiger charge is -2.10. The van der Waals surface area contributed by atoms with Crippen LogP contribution in [0.4, 0.5) is 0 Å². The second-order valence-corrected chi connectivity index (χ2v) is 7.85. The van der Waals surface area contributed by atoms with Gasteiger partial charge in [-0.2, -0.15) is 0 Å². The first-order valence-electron chi connectivity index (χ1n) is 9.32. The smallest absolute Gasteiger partial charge is 0.262 e. The summed E-state index contributed by atoms with van der Waals surface area (Å²) in [6.07, 6.45) is 0. The van der Waals surface area contributed by atoms with Gasteiger partial charge in [-0.05, 0) is 24.1 Å². The van der Waals surface area contributed by atoms with Crippen LogP contribution in [0.15, 0.2) is 82.7 Å². The molecule has 1 aromatic heterocycles. The van der Waals surface area contributed by atoms with E-state index in [9.17, 15) is 9.59 Å². The first-order valence-corrected chi connectivity index (χ1v) is 10.3. The number of thioether (sulfide) groups is 1. The summed E-state index contributed by atoms with van der Waals surface area (Å²) in [5, 5.41) is 1.35. The molecule has 144 valence electrons. The lowest BCUT2D eigenvalue weighted by atomic mass is 10.0. The molecule has 0 radical (unpaired) electrons. The molecule has 0 spiro atoms. The van der Waals surface area contributed by atoms with Crippen molar-refractivity contribution in [3.8, 4) is 0 Å². The number of benzene rings is 3. The molecular formula is C24H20N2O2S. The fourth-order valence-corrected chi connectivity index (χ4v) is 4.17. The maximum Gasteiger partial charge on any atom is 0.262 e. The Bertz CT molecular complexity index is 1250. The third kappa shape index (κ3) is 3.87. The summed E-state index contributed by atoms with van der Waals surface area (Å²) in [5.74, 6) is 0.677. The molecule has 0 aliphatic rings. The average Bonchev–Trinajstić information content (AvgIpc) is 2.75. The number of hydrogen-bond donors (Lipinski definition) is 0. The van der Waals surface area contributed by atoms with Crippen LogP contribution in [0.2, 0.25) is 0 Å². The highest BCUT2D eigenvalue weighted by molar-refractivity contribution is 7.98. The van der Waals surface area contributed by atoms with Crippen LogP contribution >= 0.6 is 11.8 Å². The Morgan fingerprint density at radius 3 is 2.34 bits per heavy atom. The SMILES string of the molecule is Cc1cccc2nc(SCc3ccc(C(=O)c4ccccc4)cc3)n(C)c(=O)c12. The molecule has 0 saturated heterocycles. The minimum Gasteiger partial charge on any atom is -0.290 e. The molecule has 0 fully saturated rings. The predicted molar refractivity (Wildman–Crippen MR) is 118 cm³/mol. The van der Waals surface area contributed by atoms with E-state index >= 15 is 0 Å². The summed E-state index contributed by atoms with van der Waals surface area (Å²) in [6, 6.07) is 22.6. The Balaban J connectivity index is 1.53. The van der Waals surface area contributed by atoms with E-state index in [2.05, 4.69) is 4.98 Å². The maximum atomic E-state index is 12.7. The largest absolute Gasteiger partial charge is 0.290 e. The van der Waals surface area contributed by atoms with Crippen LogP contribution in [-0.2, 0) is 12.8 Å². The molecule has 1 heterocycles. The summed E-state index contributed by atoms with van der Waals surface area (Å²) in [6.45, 7) is 1.93. The number of nitrogens with zero attached hydrogens (tertiary/aromatic N) is 2. The number of carbonyl (C=O) groups is 1. The zero-order valence-electron chi connectivity index (χ0n) is 16.3. The van der Waals surface area contributed by atoms with Gasteiger partial charge in [-0.25, -0.2) is 4.98 Å². The van der Waals surface area contributed by atoms with Crippen molar-refractivity contribution in [2.45, 2.75) is 17.8 Å². The normalized spacial score (nSPS) is 11.0. The second-order valence-electron chi connectivity index (χ2n) is 6.91. The van der Waals surface area contributed by atoms with E-state index in [-0.39, 0.29) is 11.3 Å². The molecule has 0 bridgehead atoms. The molecule has 0 amide bonds. The number of fused-ring (bicyclic) bond motifs is 1. The van der Waals surface area contributed by atoms with Gasteiger partial charge in [-0.15, -0.1) is 0 Å². The van der Waals surface area contributed by atoms with E-state index < -0.39 is 0 Å². The molecule has 0 unspecified atom stereocenters. The molecule has 0 saturated carbocycles. The molecule has 4 aromatic rings. The number of rotatable bonds is 5. The van der Waals surface area contributed by atoms with Crippen LogP contribution in [0.1, 0.15) is 27.0 Å². The van der Waals surface area contributed by atoms with Gasteiger partial charge in [0.1, 0.15) is 0 Å². The summed E-state index contributed by atoms with van der Waals surface area (Å²) in [5.41, 5.74) is 4.04. The van der Waals surface area contributed by atoms with Crippen LogP contribution < -0.4 is 5.56 Å². The van der Waals surface area contributed by atoms with Gasteiger partial charge in [-0.1, -0.05) is 78.5 Å². The standard InChI is InChI=1S/C24H20N2O2S/c1-16-7-6-10-20-21(16)23(28)26(2)24(25-20)29-15-17-11-13-19(14-12-17)22(27)18-8-4-3-5-9-18/h3-14H,15H2,1-2H3. The average molecular weight is 401 g/mol. The predicted octanol–water partition coefficient (Wildman–Crippen LogP) is 4.77. The Morgan fingerprint density at radius 2 is 1.62 bits per heavy atom. The highest BCUT2D eigenvalue weighted by atomic mass is 32.2. The zero-order chi connectivity index (χ0) is 20.4. The molecule has 0 atom stereocenters. The third-order valence-corrected chi connectivity index (χ3v) is 5.99. The fraction of sp³-hybridized carbons (Fsp3) is 0.125. The first-order chi connectivity index (χ1) is 14.0. The summed E-state index contributed by atoms with van der Waals surface area (Å²) < 4.78 is 1.60. The minimum atomic E-state index is -0.0283. The molecule has 0 N–H and O–H groups in total. The summed E-state index contributed by atoms with van der Waals surface area (Å²) in [7, 11) is 1.76. The topological polar surface area (TPSA) is 52.0 Å². The van der Waals surface area contributed by atoms with E-state index in [1.54, 1.807) is 11.6 Å². The van der Waals surface area contributed by atoms with E-state index in [4.69, 9.17) is 0 Å². The number of aryl methyl sites for hydroxylation is 1. The van der Waals surface area contributed by atoms with Crippen molar-refractivity contribution in [2.24, 2.45) is 7.05 Å². The van der Waals surface area contributed by atoms with Gasteiger partial charge in [-0.3, -0.25) is 14.2 Å². The molecule has 3 aromatic carbocycles. The van der Waals surface area contributed by atoms with Crippen LogP contribution in [0.25, 0.3) is 10.9 Å². The van der Waals surface area contributed by atoms with Crippen molar-refractivity contribution in [3.05, 3.63) is 105 Å². The first kappa shape index (κ1) is 19.2. The van der Waals surface area contributed by atoms with Gasteiger partial charge in [0, 0.05) is 23.9 Å². The Labute approximate surface area is 173 Å². The molecule has 0 aliphatic heterocycles. The van der Waals surface area contributed by atoms with Crippen molar-refractivity contribution in [1.82, 2.24) is 9.55 Å². The third-order valence-electron chi connectivity index (χ3n) is 4.89. The van der Waals surface area contributed by atoms with E-state index in [0.717, 1.165) is 16.6 Å². The quantitative estimate of drug-likeness (QED) is 0.275. The van der Waals surface area contributed by atoms with E-state index in [0.29, 0.717) is 27.4 Å². The molecular weight excluding hydrogens is 380 g/mol. The number of ketones is 1. The zero-order valence-corrected chi connectivity index (χ0v) is 17.1. The summed E-state index contributed by atoms with van der Waals surface area (Å²) >= 11 is 1.51. The van der Waals surface area contributed by atoms with E-state index in [1.807, 2.05) is 79.7 Å². The van der Waals surface area contributed by atoms with Crippen molar-refractivity contribution in [2.75, 3.05) is 0 Å². The molecule has 29 heavy (non-hydrogen) atoms. The molecule has 5 heteroatoms. The van der Waals surface area contributed by atoms with Crippen molar-refractivity contribution in [3.63, 3.8) is 0 Å². The van der Waals surface area contributed by atoms with E-state index in [1.165, 1.54) is 11.8 Å². The van der Waals surface area contributed by atoms with Crippen LogP contribution in [0, 0.1) is 6.92 Å². The Kier molecular flexibility index (Phi) is 5.32. The van der Waals surface area contributed by atoms with Gasteiger partial charge in [0.05, 0.1) is 10.9 Å². The second kappa shape index (κ2) is 8.05. The lowest BCUT2D eigenvalue weighted by molar-refractivity contribution is 0.103. The Hall–Kier alpha value is -3.18. The highest BCUT2D eigenvalue weighted by Gasteiger charge is 2.12. The van der Waals surface area contributed by atoms with Crippen LogP contribution in [0.5, 0.6) is 0 Å². The molecule has 4 rings (SSSR count). The highest BCUT2D eigenvalue weighted by Crippen LogP contribution is 2.23. The Morgan fingerprint density at radius 1 is 0.931 bits per heavy atom. The lowest BCUT2D eigenvalue weighted by Crippen LogP contribution is -2.20. The number of carbonyl (C=O) groups excluding carboxylic acids is 1. The van der Waals surface area contributed by atoms with Gasteiger partial charge in [0.15, 0.2) is 10.9 Å². The fourth-order valence-electron chi connectivity index (χ4n) is 3.24. The monoisotopic (exact) mass is 400 g/mol. The van der Waals surface area contributed by atoms with Crippen molar-refractivity contribution < 1.29 is 4.79 Å². The van der Waals surface area contributed by atoms with Crippen molar-refractivity contribution >= 4 is 28.4 Å². The number of hydrogen-bond acceptors (Lipinski definition) is 4. The maximum absolute atomic E-state index is 12.7. The van der Waals surface area contributed by atoms with Crippen LogP contribution in [-0.4, -0.2) is 15.3 Å². The number of aromatic nitrogens is 2. The van der Waals surface area contributed by atoms with Crippen molar-refractivity contribution in [1.29, 1.82) is 0 Å². The molecule has 4 nitrogen and oxygen atoms in total.